The molecule has 1 atom stereocenters. The van der Waals surface area contributed by atoms with E-state index in [9.17, 15) is 0 Å². The van der Waals surface area contributed by atoms with E-state index >= 15 is 0 Å². The molecule has 3 heterocycles. The summed E-state index contributed by atoms with van der Waals surface area (Å²) in [7, 11) is 0. The number of likely N-dealkylation sites (tertiary alicyclic amines) is 1. The molecule has 5 rings (SSSR count). The Balaban J connectivity index is 1.27. The maximum atomic E-state index is 5.57. The minimum atomic E-state index is 0.625. The van der Waals surface area contributed by atoms with Crippen LogP contribution in [0.15, 0.2) is 41.1 Å². The zero-order valence-electron chi connectivity index (χ0n) is 14.8. The molecule has 0 amide bonds. The third-order valence-electron chi connectivity index (χ3n) is 6.79. The van der Waals surface area contributed by atoms with Crippen LogP contribution in [0.5, 0.6) is 0 Å². The molecule has 4 heteroatoms. The highest BCUT2D eigenvalue weighted by atomic mass is 16.3. The first-order chi connectivity index (χ1) is 12.3. The highest BCUT2D eigenvalue weighted by Gasteiger charge is 2.45. The van der Waals surface area contributed by atoms with E-state index in [4.69, 9.17) is 4.42 Å². The fraction of sp³-hybridized carbons (Fsp3) is 0.571. The lowest BCUT2D eigenvalue weighted by Crippen LogP contribution is -2.52. The summed E-state index contributed by atoms with van der Waals surface area (Å²) in [6.45, 7) is 4.98. The lowest BCUT2D eigenvalue weighted by atomic mass is 9.80. The van der Waals surface area contributed by atoms with Crippen LogP contribution in [0.3, 0.4) is 0 Å². The molecule has 2 aromatic rings. The molecule has 0 radical (unpaired) electrons. The zero-order chi connectivity index (χ0) is 16.7. The van der Waals surface area contributed by atoms with Crippen molar-refractivity contribution >= 4 is 0 Å². The van der Waals surface area contributed by atoms with Gasteiger partial charge in [-0.15, -0.1) is 0 Å². The first kappa shape index (κ1) is 15.6. The van der Waals surface area contributed by atoms with Crippen LogP contribution in [0.1, 0.15) is 43.6 Å². The van der Waals surface area contributed by atoms with E-state index in [0.717, 1.165) is 11.9 Å². The van der Waals surface area contributed by atoms with E-state index in [0.29, 0.717) is 11.3 Å². The molecular formula is C21H27N3O. The maximum absolute atomic E-state index is 5.57. The van der Waals surface area contributed by atoms with Crippen molar-refractivity contribution in [2.75, 3.05) is 26.2 Å². The van der Waals surface area contributed by atoms with Crippen LogP contribution in [0, 0.1) is 5.41 Å². The molecule has 1 N–H and O–H groups in total. The normalized spacial score (nSPS) is 26.8. The van der Waals surface area contributed by atoms with Crippen LogP contribution < -0.4 is 5.32 Å². The second-order valence-corrected chi connectivity index (χ2v) is 8.23. The molecule has 2 aliphatic heterocycles. The molecule has 1 aliphatic carbocycles. The Morgan fingerprint density at radius 1 is 1.12 bits per heavy atom. The smallest absolute Gasteiger partial charge is 0.226 e. The average molecular weight is 337 g/mol. The van der Waals surface area contributed by atoms with Crippen molar-refractivity contribution in [2.24, 2.45) is 5.41 Å². The summed E-state index contributed by atoms with van der Waals surface area (Å²) in [6.07, 6.45) is 10.1. The van der Waals surface area contributed by atoms with Crippen LogP contribution in [-0.4, -0.2) is 42.1 Å². The minimum absolute atomic E-state index is 0.625. The number of piperidine rings is 1. The summed E-state index contributed by atoms with van der Waals surface area (Å²) >= 11 is 0. The number of nitrogens with one attached hydrogen (secondary N) is 1. The van der Waals surface area contributed by atoms with Gasteiger partial charge in [-0.2, -0.15) is 0 Å². The molecule has 2 saturated heterocycles. The zero-order valence-corrected chi connectivity index (χ0v) is 14.8. The van der Waals surface area contributed by atoms with Gasteiger partial charge in [-0.25, -0.2) is 4.98 Å². The molecule has 3 fully saturated rings. The van der Waals surface area contributed by atoms with Crippen molar-refractivity contribution in [1.82, 2.24) is 15.2 Å². The van der Waals surface area contributed by atoms with Crippen LogP contribution in [-0.2, 0) is 0 Å². The van der Waals surface area contributed by atoms with E-state index in [2.05, 4.69) is 39.5 Å². The number of hydrogen-bond acceptors (Lipinski definition) is 4. The van der Waals surface area contributed by atoms with E-state index in [1.165, 1.54) is 69.4 Å². The highest BCUT2D eigenvalue weighted by molar-refractivity contribution is 5.59. The standard InChI is InChI=1S/C21H27N3O/c1-2-4-19(20-23-9-12-25-20)18(3-1)16-6-10-24(11-7-16)17-5-8-21(13-17)14-22-15-21/h1-4,9,12,16-17,22H,5-8,10-11,13-15H2/t17-/m1/s1. The quantitative estimate of drug-likeness (QED) is 0.928. The van der Waals surface area contributed by atoms with E-state index in [-0.39, 0.29) is 0 Å². The Bertz CT molecular complexity index is 715. The maximum Gasteiger partial charge on any atom is 0.226 e. The predicted octanol–water partition coefficient (Wildman–Crippen LogP) is 3.66. The first-order valence-corrected chi connectivity index (χ1v) is 9.77. The van der Waals surface area contributed by atoms with Crippen molar-refractivity contribution in [2.45, 2.75) is 44.1 Å². The Morgan fingerprint density at radius 3 is 2.64 bits per heavy atom. The van der Waals surface area contributed by atoms with Crippen molar-refractivity contribution < 1.29 is 4.42 Å². The first-order valence-electron chi connectivity index (χ1n) is 9.77. The molecule has 1 spiro atoms. The van der Waals surface area contributed by atoms with Gasteiger partial charge >= 0.3 is 0 Å². The topological polar surface area (TPSA) is 41.3 Å². The predicted molar refractivity (Wildman–Crippen MR) is 98.4 cm³/mol. The molecule has 1 aromatic carbocycles. The van der Waals surface area contributed by atoms with Gasteiger partial charge in [0.2, 0.25) is 5.89 Å². The summed E-state index contributed by atoms with van der Waals surface area (Å²) in [6, 6.07) is 9.48. The number of hydrogen-bond donors (Lipinski definition) is 1. The number of oxazole rings is 1. The Morgan fingerprint density at radius 2 is 1.96 bits per heavy atom. The molecular weight excluding hydrogens is 310 g/mol. The summed E-state index contributed by atoms with van der Waals surface area (Å²) in [5, 5.41) is 3.48. The largest absolute Gasteiger partial charge is 0.445 e. The summed E-state index contributed by atoms with van der Waals surface area (Å²) in [5.41, 5.74) is 3.24. The molecule has 1 aromatic heterocycles. The van der Waals surface area contributed by atoms with Crippen LogP contribution >= 0.6 is 0 Å². The SMILES string of the molecule is c1ccc(C2CCN([C@@H]3CCC4(CNC4)C3)CC2)c(-c2ncco2)c1. The number of benzene rings is 1. The molecule has 25 heavy (non-hydrogen) atoms. The molecule has 132 valence electrons. The fourth-order valence-electron chi connectivity index (χ4n) is 5.27. The van der Waals surface area contributed by atoms with Gasteiger partial charge in [-0.1, -0.05) is 18.2 Å². The summed E-state index contributed by atoms with van der Waals surface area (Å²) < 4.78 is 5.57. The fourth-order valence-corrected chi connectivity index (χ4v) is 5.27. The van der Waals surface area contributed by atoms with Crippen molar-refractivity contribution in [3.63, 3.8) is 0 Å². The van der Waals surface area contributed by atoms with Crippen LogP contribution in [0.25, 0.3) is 11.5 Å². The van der Waals surface area contributed by atoms with E-state index in [1.807, 2.05) is 0 Å². The lowest BCUT2D eigenvalue weighted by molar-refractivity contribution is 0.120. The lowest BCUT2D eigenvalue weighted by Gasteiger charge is -2.41. The molecule has 4 nitrogen and oxygen atoms in total. The minimum Gasteiger partial charge on any atom is -0.445 e. The second-order valence-electron chi connectivity index (χ2n) is 8.23. The third-order valence-corrected chi connectivity index (χ3v) is 6.79. The molecule has 0 bridgehead atoms. The van der Waals surface area contributed by atoms with Crippen molar-refractivity contribution in [3.8, 4) is 11.5 Å². The Hall–Kier alpha value is -1.65. The van der Waals surface area contributed by atoms with Crippen molar-refractivity contribution in [1.29, 1.82) is 0 Å². The third kappa shape index (κ3) is 2.81. The highest BCUT2D eigenvalue weighted by Crippen LogP contribution is 2.44. The Kier molecular flexibility index (Phi) is 3.90. The number of rotatable bonds is 3. The second kappa shape index (κ2) is 6.26. The van der Waals surface area contributed by atoms with Gasteiger partial charge in [0, 0.05) is 24.7 Å². The van der Waals surface area contributed by atoms with Gasteiger partial charge in [-0.05, 0) is 68.2 Å². The Labute approximate surface area is 149 Å². The van der Waals surface area contributed by atoms with Gasteiger partial charge in [0.05, 0.1) is 6.20 Å². The van der Waals surface area contributed by atoms with E-state index in [1.54, 1.807) is 12.5 Å². The van der Waals surface area contributed by atoms with Gasteiger partial charge in [0.1, 0.15) is 6.26 Å². The molecule has 0 unspecified atom stereocenters. The van der Waals surface area contributed by atoms with E-state index < -0.39 is 0 Å². The van der Waals surface area contributed by atoms with Gasteiger partial charge in [0.15, 0.2) is 0 Å². The monoisotopic (exact) mass is 337 g/mol. The molecule has 1 saturated carbocycles. The summed E-state index contributed by atoms with van der Waals surface area (Å²) in [4.78, 5) is 7.14. The van der Waals surface area contributed by atoms with Crippen LogP contribution in [0.2, 0.25) is 0 Å². The number of nitrogens with zero attached hydrogens (tertiary/aromatic N) is 2. The van der Waals surface area contributed by atoms with Gasteiger partial charge in [0.25, 0.3) is 0 Å². The van der Waals surface area contributed by atoms with Crippen LogP contribution in [0.4, 0.5) is 0 Å². The van der Waals surface area contributed by atoms with Gasteiger partial charge < -0.3 is 14.6 Å². The number of aromatic nitrogens is 1. The molecule has 3 aliphatic rings. The van der Waals surface area contributed by atoms with Crippen molar-refractivity contribution in [3.05, 3.63) is 42.3 Å². The van der Waals surface area contributed by atoms with Gasteiger partial charge in [-0.3, -0.25) is 0 Å². The summed E-state index contributed by atoms with van der Waals surface area (Å²) in [5.74, 6) is 1.38. The average Bonchev–Trinajstić information content (AvgIpc) is 3.32.